The SMILES string of the molecule is CC1(N2CCC(c3cc4cc(NC(=O)O)ncc4cc3Cl)CC2)COCC1O[Si](c1ccccc1)(c1ccccc1)C(C)(C)C. The lowest BCUT2D eigenvalue weighted by Gasteiger charge is -2.50. The third kappa shape index (κ3) is 6.02. The Bertz CT molecular complexity index is 1620. The predicted molar refractivity (Wildman–Crippen MR) is 184 cm³/mol. The van der Waals surface area contributed by atoms with Crippen LogP contribution in [0.3, 0.4) is 0 Å². The van der Waals surface area contributed by atoms with E-state index in [2.05, 4.69) is 110 Å². The zero-order valence-electron chi connectivity index (χ0n) is 26.4. The van der Waals surface area contributed by atoms with E-state index in [0.29, 0.717) is 24.9 Å². The van der Waals surface area contributed by atoms with E-state index < -0.39 is 14.4 Å². The molecule has 3 aromatic carbocycles. The van der Waals surface area contributed by atoms with Crippen molar-refractivity contribution in [3.63, 3.8) is 0 Å². The van der Waals surface area contributed by atoms with Gasteiger partial charge < -0.3 is 14.3 Å². The average molecular weight is 644 g/mol. The van der Waals surface area contributed by atoms with Gasteiger partial charge in [0.25, 0.3) is 8.32 Å². The second-order valence-corrected chi connectivity index (χ2v) is 18.3. The van der Waals surface area contributed by atoms with E-state index in [-0.39, 0.29) is 16.7 Å². The normalized spacial score (nSPS) is 21.7. The van der Waals surface area contributed by atoms with Crippen molar-refractivity contribution in [3.8, 4) is 0 Å². The van der Waals surface area contributed by atoms with E-state index in [9.17, 15) is 4.79 Å². The van der Waals surface area contributed by atoms with Gasteiger partial charge in [-0.3, -0.25) is 10.2 Å². The van der Waals surface area contributed by atoms with Gasteiger partial charge >= 0.3 is 6.09 Å². The second-order valence-electron chi connectivity index (χ2n) is 13.6. The summed E-state index contributed by atoms with van der Waals surface area (Å²) in [6, 6.07) is 27.4. The fourth-order valence-corrected chi connectivity index (χ4v) is 12.5. The smallest absolute Gasteiger partial charge is 0.410 e. The fraction of sp³-hybridized carbons (Fsp3) is 0.389. The maximum Gasteiger partial charge on any atom is 0.410 e. The van der Waals surface area contributed by atoms with Gasteiger partial charge in [-0.2, -0.15) is 0 Å². The molecule has 236 valence electrons. The van der Waals surface area contributed by atoms with Gasteiger partial charge in [0.05, 0.1) is 24.9 Å². The zero-order valence-corrected chi connectivity index (χ0v) is 28.2. The molecule has 2 fully saturated rings. The first-order valence-electron chi connectivity index (χ1n) is 15.7. The summed E-state index contributed by atoms with van der Waals surface area (Å²) in [6.45, 7) is 12.3. The van der Waals surface area contributed by atoms with E-state index in [1.165, 1.54) is 10.4 Å². The van der Waals surface area contributed by atoms with Gasteiger partial charge in [0, 0.05) is 16.6 Å². The van der Waals surface area contributed by atoms with Crippen molar-refractivity contribution in [2.24, 2.45) is 0 Å². The Hall–Kier alpha value is -3.27. The highest BCUT2D eigenvalue weighted by Gasteiger charge is 2.56. The van der Waals surface area contributed by atoms with Crippen LogP contribution < -0.4 is 15.7 Å². The minimum absolute atomic E-state index is 0.0859. The number of ether oxygens (including phenoxy) is 1. The predicted octanol–water partition coefficient (Wildman–Crippen LogP) is 6.89. The summed E-state index contributed by atoms with van der Waals surface area (Å²) in [5.74, 6) is 0.600. The van der Waals surface area contributed by atoms with Crippen molar-refractivity contribution in [1.29, 1.82) is 0 Å². The number of likely N-dealkylation sites (tertiary alicyclic amines) is 1. The highest BCUT2D eigenvalue weighted by atomic mass is 35.5. The van der Waals surface area contributed by atoms with Gasteiger partial charge in [-0.25, -0.2) is 9.78 Å². The molecule has 0 bridgehead atoms. The monoisotopic (exact) mass is 643 g/mol. The topological polar surface area (TPSA) is 83.9 Å². The summed E-state index contributed by atoms with van der Waals surface area (Å²) in [5, 5.41) is 16.4. The van der Waals surface area contributed by atoms with Crippen molar-refractivity contribution >= 4 is 53.0 Å². The number of halogens is 1. The maximum atomic E-state index is 11.1. The van der Waals surface area contributed by atoms with Crippen LogP contribution in [-0.2, 0) is 9.16 Å². The first kappa shape index (κ1) is 31.7. The summed E-state index contributed by atoms with van der Waals surface area (Å²) < 4.78 is 13.9. The molecule has 0 radical (unpaired) electrons. The molecule has 0 spiro atoms. The summed E-state index contributed by atoms with van der Waals surface area (Å²) in [7, 11) is -2.75. The molecule has 2 unspecified atom stereocenters. The molecule has 2 aliphatic heterocycles. The number of hydrogen-bond donors (Lipinski definition) is 2. The molecule has 0 aliphatic carbocycles. The molecule has 1 amide bonds. The molecule has 6 rings (SSSR count). The minimum atomic E-state index is -2.75. The van der Waals surface area contributed by atoms with E-state index in [1.807, 2.05) is 6.07 Å². The standard InChI is InChI=1S/C36H42ClN3O4Si/c1-35(2,3)45(28-11-7-5-8-12-28,29-13-9-6-10-14-29)44-32-23-43-24-36(32,4)40-17-15-25(16-18-40)30-19-26-21-33(39-34(41)42)38-22-27(26)20-31(30)37/h5-14,19-22,25,32H,15-18,23-24H2,1-4H3,(H,38,39)(H,41,42). The number of carbonyl (C=O) groups is 1. The number of benzene rings is 3. The van der Waals surface area contributed by atoms with Crippen molar-refractivity contribution < 1.29 is 19.1 Å². The average Bonchev–Trinajstić information content (AvgIpc) is 3.40. The molecule has 2 N–H and O–H groups in total. The van der Waals surface area contributed by atoms with Crippen molar-refractivity contribution in [2.45, 2.75) is 63.1 Å². The van der Waals surface area contributed by atoms with Crippen LogP contribution in [0.2, 0.25) is 10.1 Å². The van der Waals surface area contributed by atoms with Gasteiger partial charge in [0.2, 0.25) is 0 Å². The number of carboxylic acid groups (broad SMARTS) is 1. The van der Waals surface area contributed by atoms with E-state index >= 15 is 0 Å². The summed E-state index contributed by atoms with van der Waals surface area (Å²) >= 11 is 6.82. The molecule has 2 atom stereocenters. The third-order valence-corrected chi connectivity index (χ3v) is 15.2. The van der Waals surface area contributed by atoms with Crippen LogP contribution in [0.15, 0.2) is 85.1 Å². The molecule has 7 nitrogen and oxygen atoms in total. The summed E-state index contributed by atoms with van der Waals surface area (Å²) in [4.78, 5) is 17.9. The van der Waals surface area contributed by atoms with Gasteiger partial charge in [0.15, 0.2) is 0 Å². The minimum Gasteiger partial charge on any atom is -0.465 e. The molecule has 4 aromatic rings. The zero-order chi connectivity index (χ0) is 31.8. The van der Waals surface area contributed by atoms with Gasteiger partial charge in [-0.1, -0.05) is 93.0 Å². The number of pyridine rings is 1. The largest absolute Gasteiger partial charge is 0.465 e. The number of nitrogens with one attached hydrogen (secondary N) is 1. The number of piperidine rings is 1. The quantitative estimate of drug-likeness (QED) is 0.213. The third-order valence-electron chi connectivity index (χ3n) is 9.82. The lowest BCUT2D eigenvalue weighted by atomic mass is 9.85. The number of rotatable bonds is 7. The van der Waals surface area contributed by atoms with Gasteiger partial charge in [0.1, 0.15) is 5.82 Å². The number of aromatic nitrogens is 1. The van der Waals surface area contributed by atoms with Crippen molar-refractivity contribution in [1.82, 2.24) is 9.88 Å². The highest BCUT2D eigenvalue weighted by Crippen LogP contribution is 2.43. The van der Waals surface area contributed by atoms with E-state index in [1.54, 1.807) is 12.3 Å². The Morgan fingerprint density at radius 3 is 2.22 bits per heavy atom. The number of hydrogen-bond acceptors (Lipinski definition) is 5. The van der Waals surface area contributed by atoms with Gasteiger partial charge in [-0.15, -0.1) is 0 Å². The number of amides is 1. The van der Waals surface area contributed by atoms with Crippen LogP contribution in [-0.4, -0.2) is 67.3 Å². The van der Waals surface area contributed by atoms with Crippen LogP contribution in [0.25, 0.3) is 10.8 Å². The fourth-order valence-electron chi connectivity index (χ4n) is 7.38. The molecule has 3 heterocycles. The first-order chi connectivity index (χ1) is 21.5. The van der Waals surface area contributed by atoms with Crippen LogP contribution in [0, 0.1) is 0 Å². The summed E-state index contributed by atoms with van der Waals surface area (Å²) in [6.07, 6.45) is 2.35. The first-order valence-corrected chi connectivity index (χ1v) is 18.0. The van der Waals surface area contributed by atoms with Crippen LogP contribution >= 0.6 is 11.6 Å². The molecule has 2 aliphatic rings. The van der Waals surface area contributed by atoms with Crippen LogP contribution in [0.4, 0.5) is 10.6 Å². The van der Waals surface area contributed by atoms with E-state index in [0.717, 1.165) is 47.3 Å². The molecular weight excluding hydrogens is 602 g/mol. The Morgan fingerprint density at radius 1 is 1.02 bits per heavy atom. The highest BCUT2D eigenvalue weighted by molar-refractivity contribution is 6.99. The summed E-state index contributed by atoms with van der Waals surface area (Å²) in [5.41, 5.74) is 0.832. The molecule has 2 saturated heterocycles. The Balaban J connectivity index is 1.26. The molecule has 1 aromatic heterocycles. The van der Waals surface area contributed by atoms with Crippen LogP contribution in [0.5, 0.6) is 0 Å². The lowest BCUT2D eigenvalue weighted by Crippen LogP contribution is -2.70. The Morgan fingerprint density at radius 2 is 1.64 bits per heavy atom. The second kappa shape index (κ2) is 12.5. The number of nitrogens with zero attached hydrogens (tertiary/aromatic N) is 2. The number of anilines is 1. The molecular formula is C36H42ClN3O4Si. The lowest BCUT2D eigenvalue weighted by molar-refractivity contribution is 0.00484. The number of fused-ring (bicyclic) bond motifs is 1. The van der Waals surface area contributed by atoms with Crippen LogP contribution in [0.1, 0.15) is 52.0 Å². The maximum absolute atomic E-state index is 11.1. The Labute approximate surface area is 271 Å². The van der Waals surface area contributed by atoms with Gasteiger partial charge in [-0.05, 0) is 83.3 Å². The van der Waals surface area contributed by atoms with Crippen molar-refractivity contribution in [3.05, 3.63) is 95.6 Å². The Kier molecular flexibility index (Phi) is 8.80. The molecule has 0 saturated carbocycles. The van der Waals surface area contributed by atoms with E-state index in [4.69, 9.17) is 25.9 Å². The molecule has 9 heteroatoms. The van der Waals surface area contributed by atoms with Crippen molar-refractivity contribution in [2.75, 3.05) is 31.6 Å². The molecule has 45 heavy (non-hydrogen) atoms.